The molecule has 1 fully saturated rings. The SMILES string of the molecule is CC(C)(C)OC(=O)N1CCC(CCc2c(-c3ccc(S(C)(=O)=O)cc3)nn(-c3nc4ccccc4[nH]3)c2O)CC1. The zero-order chi connectivity index (χ0) is 28.7. The Morgan fingerprint density at radius 3 is 2.40 bits per heavy atom. The molecule has 0 spiro atoms. The van der Waals surface area contributed by atoms with Crippen LogP contribution in [-0.2, 0) is 21.0 Å². The van der Waals surface area contributed by atoms with Crippen molar-refractivity contribution < 1.29 is 23.1 Å². The van der Waals surface area contributed by atoms with E-state index in [0.29, 0.717) is 48.2 Å². The van der Waals surface area contributed by atoms with E-state index >= 15 is 0 Å². The number of fused-ring (bicyclic) bond motifs is 1. The van der Waals surface area contributed by atoms with Gasteiger partial charge in [0.1, 0.15) is 11.3 Å². The number of hydrogen-bond acceptors (Lipinski definition) is 7. The molecule has 0 aliphatic carbocycles. The average Bonchev–Trinajstić information content (AvgIpc) is 3.47. The van der Waals surface area contributed by atoms with E-state index in [1.54, 1.807) is 29.2 Å². The molecule has 212 valence electrons. The number of amides is 1. The van der Waals surface area contributed by atoms with Crippen molar-refractivity contribution in [3.8, 4) is 23.1 Å². The van der Waals surface area contributed by atoms with E-state index in [4.69, 9.17) is 9.84 Å². The summed E-state index contributed by atoms with van der Waals surface area (Å²) < 4.78 is 30.9. The van der Waals surface area contributed by atoms with E-state index in [1.807, 2.05) is 45.0 Å². The molecule has 2 aromatic heterocycles. The molecule has 1 aliphatic rings. The number of carbonyl (C=O) groups is 1. The molecule has 0 atom stereocenters. The summed E-state index contributed by atoms with van der Waals surface area (Å²) in [5, 5.41) is 16.1. The van der Waals surface area contributed by atoms with Crippen LogP contribution in [0.15, 0.2) is 53.4 Å². The van der Waals surface area contributed by atoms with Crippen LogP contribution in [-0.4, -0.2) is 69.2 Å². The summed E-state index contributed by atoms with van der Waals surface area (Å²) in [6, 6.07) is 14.1. The number of para-hydroxylation sites is 2. The fourth-order valence-corrected chi connectivity index (χ4v) is 5.66. The molecule has 0 bridgehead atoms. The largest absolute Gasteiger partial charge is 0.493 e. The van der Waals surface area contributed by atoms with Gasteiger partial charge in [0, 0.05) is 30.5 Å². The minimum absolute atomic E-state index is 0.00700. The quantitative estimate of drug-likeness (QED) is 0.332. The Labute approximate surface area is 233 Å². The number of benzene rings is 2. The first-order valence-corrected chi connectivity index (χ1v) is 15.3. The van der Waals surface area contributed by atoms with Gasteiger partial charge in [-0.3, -0.25) is 0 Å². The number of aromatic nitrogens is 4. The topological polar surface area (TPSA) is 130 Å². The van der Waals surface area contributed by atoms with Gasteiger partial charge in [-0.05, 0) is 76.6 Å². The second kappa shape index (κ2) is 10.6. The maximum Gasteiger partial charge on any atom is 0.410 e. The zero-order valence-corrected chi connectivity index (χ0v) is 24.0. The molecule has 2 N–H and O–H groups in total. The zero-order valence-electron chi connectivity index (χ0n) is 23.2. The summed E-state index contributed by atoms with van der Waals surface area (Å²) >= 11 is 0. The molecule has 5 rings (SSSR count). The number of nitrogens with one attached hydrogen (secondary N) is 1. The first-order chi connectivity index (χ1) is 18.9. The minimum atomic E-state index is -3.35. The fraction of sp³-hybridized carbons (Fsp3) is 0.414. The number of hydrogen-bond donors (Lipinski definition) is 2. The summed E-state index contributed by atoms with van der Waals surface area (Å²) in [6.45, 7) is 6.85. The molecule has 1 saturated heterocycles. The van der Waals surface area contributed by atoms with Crippen LogP contribution in [0.25, 0.3) is 28.2 Å². The standard InChI is InChI=1S/C29H35N5O5S/c1-29(2,3)39-28(36)33-17-15-19(16-18-33)9-14-22-25(20-10-12-21(13-11-20)40(4,37)38)32-34(26(22)35)27-30-23-7-5-6-8-24(23)31-27/h5-8,10-13,19,35H,9,14-18H2,1-4H3,(H,30,31). The van der Waals surface area contributed by atoms with E-state index in [1.165, 1.54) is 10.9 Å². The lowest BCUT2D eigenvalue weighted by Crippen LogP contribution is -2.41. The number of H-pyrrole nitrogens is 1. The molecule has 10 nitrogen and oxygen atoms in total. The van der Waals surface area contributed by atoms with Gasteiger partial charge in [-0.15, -0.1) is 0 Å². The fourth-order valence-electron chi connectivity index (χ4n) is 5.03. The van der Waals surface area contributed by atoms with Gasteiger partial charge >= 0.3 is 6.09 Å². The van der Waals surface area contributed by atoms with Crippen molar-refractivity contribution in [2.75, 3.05) is 19.3 Å². The number of carbonyl (C=O) groups excluding carboxylic acids is 1. The van der Waals surface area contributed by atoms with Gasteiger partial charge in [0.2, 0.25) is 11.8 Å². The second-order valence-corrected chi connectivity index (χ2v) is 13.4. The van der Waals surface area contributed by atoms with E-state index in [9.17, 15) is 18.3 Å². The van der Waals surface area contributed by atoms with Gasteiger partial charge < -0.3 is 19.7 Å². The molecule has 1 amide bonds. The van der Waals surface area contributed by atoms with Crippen molar-refractivity contribution in [2.45, 2.75) is 57.0 Å². The first-order valence-electron chi connectivity index (χ1n) is 13.4. The molecule has 11 heteroatoms. The Kier molecular flexibility index (Phi) is 7.34. The first kappa shape index (κ1) is 27.7. The molecule has 40 heavy (non-hydrogen) atoms. The van der Waals surface area contributed by atoms with Crippen LogP contribution >= 0.6 is 0 Å². The van der Waals surface area contributed by atoms with Crippen molar-refractivity contribution in [1.82, 2.24) is 24.6 Å². The number of piperidine rings is 1. The number of aromatic amines is 1. The number of sulfone groups is 1. The highest BCUT2D eigenvalue weighted by Crippen LogP contribution is 2.35. The molecule has 4 aromatic rings. The monoisotopic (exact) mass is 565 g/mol. The van der Waals surface area contributed by atoms with E-state index in [-0.39, 0.29) is 16.9 Å². The summed E-state index contributed by atoms with van der Waals surface area (Å²) in [5.74, 6) is 0.755. The van der Waals surface area contributed by atoms with Gasteiger partial charge in [0.25, 0.3) is 0 Å². The molecule has 0 unspecified atom stereocenters. The Balaban J connectivity index is 1.39. The predicted octanol–water partition coefficient (Wildman–Crippen LogP) is 5.10. The van der Waals surface area contributed by atoms with Gasteiger partial charge in [-0.1, -0.05) is 24.3 Å². The minimum Gasteiger partial charge on any atom is -0.493 e. The summed E-state index contributed by atoms with van der Waals surface area (Å²) in [4.78, 5) is 22.2. The molecule has 3 heterocycles. The summed E-state index contributed by atoms with van der Waals surface area (Å²) in [5.41, 5.74) is 3.00. The van der Waals surface area contributed by atoms with Crippen LogP contribution in [0.3, 0.4) is 0 Å². The third-order valence-corrected chi connectivity index (χ3v) is 8.29. The summed E-state index contributed by atoms with van der Waals surface area (Å²) in [6.07, 6.45) is 3.94. The van der Waals surface area contributed by atoms with Gasteiger partial charge in [0.15, 0.2) is 9.84 Å². The lowest BCUT2D eigenvalue weighted by molar-refractivity contribution is 0.0181. The third kappa shape index (κ3) is 5.99. The Morgan fingerprint density at radius 1 is 1.10 bits per heavy atom. The number of aromatic hydroxyl groups is 1. The van der Waals surface area contributed by atoms with Crippen LogP contribution in [0.1, 0.15) is 45.6 Å². The van der Waals surface area contributed by atoms with Crippen molar-refractivity contribution in [2.24, 2.45) is 5.92 Å². The third-order valence-electron chi connectivity index (χ3n) is 7.16. The van der Waals surface area contributed by atoms with Crippen LogP contribution in [0.2, 0.25) is 0 Å². The number of imidazole rings is 1. The maximum absolute atomic E-state index is 12.4. The molecule has 2 aromatic carbocycles. The lowest BCUT2D eigenvalue weighted by atomic mass is 9.90. The molecule has 1 aliphatic heterocycles. The van der Waals surface area contributed by atoms with Gasteiger partial charge in [0.05, 0.1) is 15.9 Å². The maximum atomic E-state index is 12.4. The predicted molar refractivity (Wildman–Crippen MR) is 152 cm³/mol. The van der Waals surface area contributed by atoms with Crippen LogP contribution in [0.4, 0.5) is 4.79 Å². The van der Waals surface area contributed by atoms with Crippen molar-refractivity contribution in [3.05, 3.63) is 54.1 Å². The molecular weight excluding hydrogens is 530 g/mol. The smallest absolute Gasteiger partial charge is 0.410 e. The Hall–Kier alpha value is -3.86. The average molecular weight is 566 g/mol. The van der Waals surface area contributed by atoms with E-state index < -0.39 is 15.4 Å². The molecular formula is C29H35N5O5S. The van der Waals surface area contributed by atoms with Crippen LogP contribution < -0.4 is 0 Å². The lowest BCUT2D eigenvalue weighted by Gasteiger charge is -2.33. The Bertz CT molecular complexity index is 1590. The number of rotatable bonds is 6. The molecule has 0 saturated carbocycles. The van der Waals surface area contributed by atoms with E-state index in [2.05, 4.69) is 9.97 Å². The second-order valence-electron chi connectivity index (χ2n) is 11.4. The number of nitrogens with zero attached hydrogens (tertiary/aromatic N) is 4. The van der Waals surface area contributed by atoms with Crippen molar-refractivity contribution in [3.63, 3.8) is 0 Å². The summed E-state index contributed by atoms with van der Waals surface area (Å²) in [7, 11) is -3.35. The van der Waals surface area contributed by atoms with Crippen LogP contribution in [0.5, 0.6) is 5.88 Å². The normalized spacial score (nSPS) is 15.1. The van der Waals surface area contributed by atoms with Gasteiger partial charge in [-0.2, -0.15) is 9.78 Å². The highest BCUT2D eigenvalue weighted by atomic mass is 32.2. The number of ether oxygens (including phenoxy) is 1. The van der Waals surface area contributed by atoms with E-state index in [0.717, 1.165) is 30.3 Å². The van der Waals surface area contributed by atoms with Crippen LogP contribution in [0, 0.1) is 5.92 Å². The number of likely N-dealkylation sites (tertiary alicyclic amines) is 1. The highest BCUT2D eigenvalue weighted by molar-refractivity contribution is 7.90. The highest BCUT2D eigenvalue weighted by Gasteiger charge is 2.28. The van der Waals surface area contributed by atoms with Crippen molar-refractivity contribution >= 4 is 27.0 Å². The van der Waals surface area contributed by atoms with Crippen molar-refractivity contribution in [1.29, 1.82) is 0 Å². The van der Waals surface area contributed by atoms with Gasteiger partial charge in [-0.25, -0.2) is 18.2 Å². The molecule has 0 radical (unpaired) electrons. The Morgan fingerprint density at radius 2 is 1.77 bits per heavy atom.